The lowest BCUT2D eigenvalue weighted by Gasteiger charge is -2.39. The van der Waals surface area contributed by atoms with E-state index in [4.69, 9.17) is 15.0 Å². The normalized spacial score (nSPS) is 26.0. The highest BCUT2D eigenvalue weighted by Gasteiger charge is 2.38. The Morgan fingerprint density at radius 3 is 2.86 bits per heavy atom. The van der Waals surface area contributed by atoms with Crippen molar-refractivity contribution in [2.24, 2.45) is 11.1 Å². The van der Waals surface area contributed by atoms with Crippen LogP contribution < -0.4 is 5.73 Å². The molecule has 2 heterocycles. The lowest BCUT2D eigenvalue weighted by atomic mass is 9.67. The van der Waals surface area contributed by atoms with Crippen molar-refractivity contribution in [3.05, 3.63) is 11.7 Å². The van der Waals surface area contributed by atoms with E-state index in [2.05, 4.69) is 28.9 Å². The maximum atomic E-state index is 5.90. The summed E-state index contributed by atoms with van der Waals surface area (Å²) < 4.78 is 11.2. The van der Waals surface area contributed by atoms with Crippen molar-refractivity contribution in [3.8, 4) is 0 Å². The van der Waals surface area contributed by atoms with Crippen LogP contribution in [0, 0.1) is 5.41 Å². The summed E-state index contributed by atoms with van der Waals surface area (Å²) in [5.74, 6) is 1.39. The number of rotatable bonds is 5. The molecule has 118 valence electrons. The van der Waals surface area contributed by atoms with Gasteiger partial charge >= 0.3 is 0 Å². The molecule has 3 rings (SSSR count). The monoisotopic (exact) mass is 294 g/mol. The van der Waals surface area contributed by atoms with Gasteiger partial charge in [0.2, 0.25) is 11.7 Å². The van der Waals surface area contributed by atoms with Crippen LogP contribution >= 0.6 is 0 Å². The molecule has 0 amide bonds. The first kappa shape index (κ1) is 14.9. The first-order chi connectivity index (χ1) is 10.1. The first-order valence-corrected chi connectivity index (χ1v) is 8.00. The Labute approximate surface area is 126 Å². The van der Waals surface area contributed by atoms with Crippen LogP contribution in [0.4, 0.5) is 0 Å². The maximum absolute atomic E-state index is 5.90. The van der Waals surface area contributed by atoms with Crippen LogP contribution in [0.15, 0.2) is 4.52 Å². The zero-order valence-electron chi connectivity index (χ0n) is 13.0. The van der Waals surface area contributed by atoms with Crippen molar-refractivity contribution in [3.63, 3.8) is 0 Å². The number of hydrogen-bond acceptors (Lipinski definition) is 6. The first-order valence-electron chi connectivity index (χ1n) is 8.00. The SMILES string of the molecule is CC(C)N1CCOC(c2noc(CC3(CN)CCC3)n2)C1. The highest BCUT2D eigenvalue weighted by Crippen LogP contribution is 2.42. The summed E-state index contributed by atoms with van der Waals surface area (Å²) in [6.45, 7) is 7.62. The number of nitrogens with two attached hydrogens (primary N) is 1. The maximum Gasteiger partial charge on any atom is 0.227 e. The van der Waals surface area contributed by atoms with E-state index in [0.717, 1.165) is 26.1 Å². The largest absolute Gasteiger partial charge is 0.367 e. The average Bonchev–Trinajstić information content (AvgIpc) is 2.91. The fourth-order valence-corrected chi connectivity index (χ4v) is 3.22. The quantitative estimate of drug-likeness (QED) is 0.887. The molecule has 6 nitrogen and oxygen atoms in total. The van der Waals surface area contributed by atoms with Gasteiger partial charge in [-0.15, -0.1) is 0 Å². The lowest BCUT2D eigenvalue weighted by molar-refractivity contribution is -0.0450. The molecule has 0 aromatic carbocycles. The van der Waals surface area contributed by atoms with Gasteiger partial charge in [0.05, 0.1) is 6.61 Å². The molecule has 1 aromatic rings. The molecule has 0 radical (unpaired) electrons. The molecule has 1 saturated heterocycles. The summed E-state index contributed by atoms with van der Waals surface area (Å²) in [6, 6.07) is 0.512. The van der Waals surface area contributed by atoms with Crippen molar-refractivity contribution in [2.45, 2.75) is 51.7 Å². The standard InChI is InChI=1S/C15H26N4O2/c1-11(2)19-6-7-20-12(9-19)14-17-13(21-18-14)8-15(10-16)4-3-5-15/h11-12H,3-10,16H2,1-2H3. The fourth-order valence-electron chi connectivity index (χ4n) is 3.22. The van der Waals surface area contributed by atoms with E-state index in [0.29, 0.717) is 24.3 Å². The second kappa shape index (κ2) is 6.02. The summed E-state index contributed by atoms with van der Waals surface area (Å²) >= 11 is 0. The third-order valence-corrected chi connectivity index (χ3v) is 4.97. The second-order valence-corrected chi connectivity index (χ2v) is 6.73. The number of aromatic nitrogens is 2. The number of nitrogens with zero attached hydrogens (tertiary/aromatic N) is 3. The lowest BCUT2D eigenvalue weighted by Crippen LogP contribution is -2.42. The Bertz CT molecular complexity index is 464. The Balaban J connectivity index is 1.64. The van der Waals surface area contributed by atoms with Crippen molar-refractivity contribution in [2.75, 3.05) is 26.2 Å². The molecule has 1 aliphatic heterocycles. The zero-order chi connectivity index (χ0) is 14.9. The molecule has 2 N–H and O–H groups in total. The van der Waals surface area contributed by atoms with Crippen LogP contribution in [-0.4, -0.2) is 47.3 Å². The Kier molecular flexibility index (Phi) is 4.28. The number of morpholine rings is 1. The van der Waals surface area contributed by atoms with E-state index in [9.17, 15) is 0 Å². The van der Waals surface area contributed by atoms with Gasteiger partial charge in [-0.2, -0.15) is 4.98 Å². The summed E-state index contributed by atoms with van der Waals surface area (Å²) in [5, 5.41) is 4.13. The van der Waals surface area contributed by atoms with Crippen LogP contribution in [0.25, 0.3) is 0 Å². The van der Waals surface area contributed by atoms with E-state index in [1.165, 1.54) is 19.3 Å². The smallest absolute Gasteiger partial charge is 0.227 e. The molecule has 0 spiro atoms. The summed E-state index contributed by atoms with van der Waals surface area (Å²) in [7, 11) is 0. The van der Waals surface area contributed by atoms with Crippen LogP contribution in [0.5, 0.6) is 0 Å². The molecule has 2 fully saturated rings. The second-order valence-electron chi connectivity index (χ2n) is 6.73. The van der Waals surface area contributed by atoms with E-state index in [-0.39, 0.29) is 11.5 Å². The predicted octanol–water partition coefficient (Wildman–Crippen LogP) is 1.52. The molecule has 1 unspecified atom stereocenters. The van der Waals surface area contributed by atoms with Gasteiger partial charge in [-0.05, 0) is 38.6 Å². The third-order valence-electron chi connectivity index (χ3n) is 4.97. The Morgan fingerprint density at radius 2 is 2.24 bits per heavy atom. The van der Waals surface area contributed by atoms with Gasteiger partial charge in [-0.1, -0.05) is 11.6 Å². The summed E-state index contributed by atoms with van der Waals surface area (Å²) in [4.78, 5) is 6.94. The molecule has 1 aromatic heterocycles. The van der Waals surface area contributed by atoms with Gasteiger partial charge in [0.1, 0.15) is 6.10 Å². The molecule has 1 aliphatic carbocycles. The molecule has 2 aliphatic rings. The van der Waals surface area contributed by atoms with Crippen molar-refractivity contribution >= 4 is 0 Å². The molecular formula is C15H26N4O2. The molecular weight excluding hydrogens is 268 g/mol. The predicted molar refractivity (Wildman–Crippen MR) is 78.7 cm³/mol. The average molecular weight is 294 g/mol. The minimum atomic E-state index is -0.0751. The van der Waals surface area contributed by atoms with E-state index in [1.54, 1.807) is 0 Å². The molecule has 21 heavy (non-hydrogen) atoms. The zero-order valence-corrected chi connectivity index (χ0v) is 13.0. The summed E-state index contributed by atoms with van der Waals surface area (Å²) in [5.41, 5.74) is 6.09. The minimum absolute atomic E-state index is 0.0751. The number of hydrogen-bond donors (Lipinski definition) is 1. The van der Waals surface area contributed by atoms with Crippen molar-refractivity contribution in [1.29, 1.82) is 0 Å². The highest BCUT2D eigenvalue weighted by atomic mass is 16.5. The van der Waals surface area contributed by atoms with Gasteiger partial charge < -0.3 is 15.0 Å². The topological polar surface area (TPSA) is 77.4 Å². The van der Waals surface area contributed by atoms with Crippen LogP contribution in [-0.2, 0) is 11.2 Å². The molecule has 6 heteroatoms. The van der Waals surface area contributed by atoms with E-state index in [1.807, 2.05) is 0 Å². The van der Waals surface area contributed by atoms with Crippen molar-refractivity contribution in [1.82, 2.24) is 15.0 Å². The van der Waals surface area contributed by atoms with Crippen LogP contribution in [0.3, 0.4) is 0 Å². The highest BCUT2D eigenvalue weighted by molar-refractivity contribution is 5.00. The Hall–Kier alpha value is -0.980. The Morgan fingerprint density at radius 1 is 1.43 bits per heavy atom. The van der Waals surface area contributed by atoms with Crippen LogP contribution in [0.2, 0.25) is 0 Å². The fraction of sp³-hybridized carbons (Fsp3) is 0.867. The van der Waals surface area contributed by atoms with Gasteiger partial charge in [-0.3, -0.25) is 4.90 Å². The van der Waals surface area contributed by atoms with Gasteiger partial charge in [0, 0.05) is 25.6 Å². The van der Waals surface area contributed by atoms with Gasteiger partial charge in [-0.25, -0.2) is 0 Å². The number of ether oxygens (including phenoxy) is 1. The van der Waals surface area contributed by atoms with Gasteiger partial charge in [0.25, 0.3) is 0 Å². The summed E-state index contributed by atoms with van der Waals surface area (Å²) in [6.07, 6.45) is 4.32. The van der Waals surface area contributed by atoms with E-state index < -0.39 is 0 Å². The van der Waals surface area contributed by atoms with Crippen molar-refractivity contribution < 1.29 is 9.26 Å². The van der Waals surface area contributed by atoms with Crippen LogP contribution in [0.1, 0.15) is 50.9 Å². The third kappa shape index (κ3) is 3.12. The molecule has 1 atom stereocenters. The van der Waals surface area contributed by atoms with E-state index >= 15 is 0 Å². The van der Waals surface area contributed by atoms with Gasteiger partial charge in [0.15, 0.2) is 0 Å². The molecule has 0 bridgehead atoms. The molecule has 1 saturated carbocycles. The minimum Gasteiger partial charge on any atom is -0.367 e.